The fourth-order valence-electron chi connectivity index (χ4n) is 1.42. The average Bonchev–Trinajstić information content (AvgIpc) is 3.00. The van der Waals surface area contributed by atoms with Gasteiger partial charge in [-0.3, -0.25) is 4.79 Å². The molecule has 1 fully saturated rings. The van der Waals surface area contributed by atoms with Gasteiger partial charge in [0.1, 0.15) is 11.2 Å². The van der Waals surface area contributed by atoms with Crippen LogP contribution >= 0.6 is 0 Å². The maximum atomic E-state index is 11.6. The molecule has 4 heteroatoms. The molecule has 73 valence electrons. The average molecular weight is 191 g/mol. The molecule has 1 saturated carbocycles. The van der Waals surface area contributed by atoms with Gasteiger partial charge in [0.15, 0.2) is 0 Å². The molecule has 1 aromatic rings. The molecular weight excluding hydrogens is 180 g/mol. The Kier molecular flexibility index (Phi) is 2.19. The molecule has 0 saturated heterocycles. The molecule has 1 heterocycles. The van der Waals surface area contributed by atoms with Crippen LogP contribution in [0, 0.1) is 6.07 Å². The van der Waals surface area contributed by atoms with E-state index in [4.69, 9.17) is 4.74 Å². The number of aromatic nitrogens is 2. The van der Waals surface area contributed by atoms with Crippen LogP contribution in [0.3, 0.4) is 0 Å². The number of esters is 1. The minimum Gasteiger partial charge on any atom is -0.465 e. The molecule has 0 bridgehead atoms. The van der Waals surface area contributed by atoms with Crippen LogP contribution in [-0.4, -0.2) is 22.5 Å². The molecular formula is C10H11N2O2. The van der Waals surface area contributed by atoms with Gasteiger partial charge in [-0.25, -0.2) is 9.97 Å². The largest absolute Gasteiger partial charge is 0.465 e. The van der Waals surface area contributed by atoms with Gasteiger partial charge in [0.25, 0.3) is 0 Å². The number of rotatable bonds is 3. The highest BCUT2D eigenvalue weighted by molar-refractivity contribution is 5.85. The summed E-state index contributed by atoms with van der Waals surface area (Å²) in [4.78, 5) is 19.7. The third-order valence-electron chi connectivity index (χ3n) is 2.37. The first-order valence-corrected chi connectivity index (χ1v) is 4.65. The monoisotopic (exact) mass is 191 g/mol. The van der Waals surface area contributed by atoms with Crippen molar-refractivity contribution >= 4 is 5.97 Å². The second kappa shape index (κ2) is 3.36. The highest BCUT2D eigenvalue weighted by atomic mass is 16.5. The van der Waals surface area contributed by atoms with E-state index in [9.17, 15) is 4.79 Å². The lowest BCUT2D eigenvalue weighted by Crippen LogP contribution is -2.25. The Morgan fingerprint density at radius 3 is 2.71 bits per heavy atom. The zero-order valence-electron chi connectivity index (χ0n) is 7.99. The molecule has 14 heavy (non-hydrogen) atoms. The maximum Gasteiger partial charge on any atom is 0.319 e. The van der Waals surface area contributed by atoms with E-state index in [1.807, 2.05) is 0 Å². The Morgan fingerprint density at radius 2 is 2.21 bits per heavy atom. The number of carbonyl (C=O) groups is 1. The lowest BCUT2D eigenvalue weighted by Gasteiger charge is -2.11. The van der Waals surface area contributed by atoms with Gasteiger partial charge in [-0.05, 0) is 19.8 Å². The van der Waals surface area contributed by atoms with Crippen molar-refractivity contribution in [3.63, 3.8) is 0 Å². The van der Waals surface area contributed by atoms with Crippen molar-refractivity contribution in [2.24, 2.45) is 0 Å². The molecule has 1 aliphatic carbocycles. The SMILES string of the molecule is CCOC(=O)C1(c2nc[c]cn2)CC1. The zero-order valence-corrected chi connectivity index (χ0v) is 7.99. The first-order chi connectivity index (χ1) is 6.79. The second-order valence-corrected chi connectivity index (χ2v) is 3.31. The summed E-state index contributed by atoms with van der Waals surface area (Å²) in [5.74, 6) is 0.362. The van der Waals surface area contributed by atoms with Crippen molar-refractivity contribution in [3.8, 4) is 0 Å². The molecule has 0 spiro atoms. The van der Waals surface area contributed by atoms with Gasteiger partial charge in [-0.2, -0.15) is 0 Å². The summed E-state index contributed by atoms with van der Waals surface area (Å²) in [6, 6.07) is 2.73. The number of hydrogen-bond donors (Lipinski definition) is 0. The fourth-order valence-corrected chi connectivity index (χ4v) is 1.42. The molecule has 4 nitrogen and oxygen atoms in total. The normalized spacial score (nSPS) is 17.5. The predicted molar refractivity (Wildman–Crippen MR) is 48.4 cm³/mol. The van der Waals surface area contributed by atoms with E-state index in [0.717, 1.165) is 12.8 Å². The van der Waals surface area contributed by atoms with Crippen molar-refractivity contribution < 1.29 is 9.53 Å². The lowest BCUT2D eigenvalue weighted by molar-refractivity contribution is -0.146. The minimum absolute atomic E-state index is 0.203. The Morgan fingerprint density at radius 1 is 1.57 bits per heavy atom. The Hall–Kier alpha value is -1.45. The number of hydrogen-bond acceptors (Lipinski definition) is 4. The molecule has 0 aromatic carbocycles. The third kappa shape index (κ3) is 1.36. The van der Waals surface area contributed by atoms with Crippen molar-refractivity contribution in [1.29, 1.82) is 0 Å². The number of ether oxygens (including phenoxy) is 1. The lowest BCUT2D eigenvalue weighted by atomic mass is 10.1. The summed E-state index contributed by atoms with van der Waals surface area (Å²) >= 11 is 0. The van der Waals surface area contributed by atoms with Crippen molar-refractivity contribution in [2.45, 2.75) is 25.2 Å². The number of carbonyl (C=O) groups excluding carboxylic acids is 1. The Labute approximate surface area is 82.3 Å². The topological polar surface area (TPSA) is 52.1 Å². The Bertz CT molecular complexity index is 333. The van der Waals surface area contributed by atoms with Gasteiger partial charge >= 0.3 is 5.97 Å². The molecule has 0 unspecified atom stereocenters. The summed E-state index contributed by atoms with van der Waals surface area (Å²) in [6.07, 6.45) is 4.63. The van der Waals surface area contributed by atoms with E-state index in [1.54, 1.807) is 6.92 Å². The minimum atomic E-state index is -0.550. The van der Waals surface area contributed by atoms with E-state index < -0.39 is 5.41 Å². The molecule has 0 aliphatic heterocycles. The van der Waals surface area contributed by atoms with Crippen molar-refractivity contribution in [2.75, 3.05) is 6.61 Å². The standard InChI is InChI=1S/C10H11N2O2/c1-2-14-9(13)10(4-5-10)8-11-6-3-7-12-8/h6-7H,2,4-5H2,1H3. The zero-order chi connectivity index (χ0) is 10.0. The summed E-state index contributed by atoms with van der Waals surface area (Å²) in [5.41, 5.74) is -0.550. The van der Waals surface area contributed by atoms with Gasteiger partial charge in [0, 0.05) is 18.5 Å². The number of nitrogens with zero attached hydrogens (tertiary/aromatic N) is 2. The van der Waals surface area contributed by atoms with Gasteiger partial charge < -0.3 is 4.74 Å². The third-order valence-corrected chi connectivity index (χ3v) is 2.37. The summed E-state index contributed by atoms with van der Waals surface area (Å²) in [5, 5.41) is 0. The maximum absolute atomic E-state index is 11.6. The molecule has 0 atom stereocenters. The van der Waals surface area contributed by atoms with E-state index >= 15 is 0 Å². The van der Waals surface area contributed by atoms with Crippen LogP contribution in [0.4, 0.5) is 0 Å². The van der Waals surface area contributed by atoms with Crippen LogP contribution in [0.1, 0.15) is 25.6 Å². The van der Waals surface area contributed by atoms with Gasteiger partial charge in [0.05, 0.1) is 6.61 Å². The molecule has 1 radical (unpaired) electrons. The van der Waals surface area contributed by atoms with Crippen LogP contribution in [0.5, 0.6) is 0 Å². The van der Waals surface area contributed by atoms with Crippen molar-refractivity contribution in [1.82, 2.24) is 9.97 Å². The van der Waals surface area contributed by atoms with Crippen LogP contribution < -0.4 is 0 Å². The van der Waals surface area contributed by atoms with Crippen molar-refractivity contribution in [3.05, 3.63) is 24.3 Å². The van der Waals surface area contributed by atoms with Crippen LogP contribution in [0.25, 0.3) is 0 Å². The first kappa shape index (κ1) is 9.12. The summed E-state index contributed by atoms with van der Waals surface area (Å²) in [6.45, 7) is 2.20. The van der Waals surface area contributed by atoms with E-state index in [-0.39, 0.29) is 5.97 Å². The van der Waals surface area contributed by atoms with Gasteiger partial charge in [-0.1, -0.05) is 0 Å². The van der Waals surface area contributed by atoms with E-state index in [0.29, 0.717) is 12.4 Å². The molecule has 0 N–H and O–H groups in total. The van der Waals surface area contributed by atoms with Gasteiger partial charge in [0.2, 0.25) is 0 Å². The predicted octanol–water partition coefficient (Wildman–Crippen LogP) is 0.871. The van der Waals surface area contributed by atoms with Crippen LogP contribution in [0.15, 0.2) is 12.4 Å². The van der Waals surface area contributed by atoms with Crippen LogP contribution in [0.2, 0.25) is 0 Å². The molecule has 0 amide bonds. The summed E-state index contributed by atoms with van der Waals surface area (Å²) < 4.78 is 4.99. The first-order valence-electron chi connectivity index (χ1n) is 4.65. The van der Waals surface area contributed by atoms with Crippen LogP contribution in [-0.2, 0) is 14.9 Å². The fraction of sp³-hybridized carbons (Fsp3) is 0.500. The molecule has 1 aromatic heterocycles. The molecule has 1 aliphatic rings. The highest BCUT2D eigenvalue weighted by Gasteiger charge is 2.55. The Balaban J connectivity index is 2.21. The van der Waals surface area contributed by atoms with E-state index in [2.05, 4.69) is 16.0 Å². The summed E-state index contributed by atoms with van der Waals surface area (Å²) in [7, 11) is 0. The highest BCUT2D eigenvalue weighted by Crippen LogP contribution is 2.47. The second-order valence-electron chi connectivity index (χ2n) is 3.31. The quantitative estimate of drug-likeness (QED) is 0.665. The smallest absolute Gasteiger partial charge is 0.319 e. The van der Waals surface area contributed by atoms with Gasteiger partial charge in [-0.15, -0.1) is 0 Å². The van der Waals surface area contributed by atoms with E-state index in [1.165, 1.54) is 12.4 Å². The molecule has 2 rings (SSSR count).